The molecule has 0 saturated heterocycles. The van der Waals surface area contributed by atoms with E-state index in [1.54, 1.807) is 6.07 Å². The third-order valence-corrected chi connectivity index (χ3v) is 5.17. The maximum absolute atomic E-state index is 13.4. The van der Waals surface area contributed by atoms with Gasteiger partial charge in [-0.3, -0.25) is 0 Å². The summed E-state index contributed by atoms with van der Waals surface area (Å²) in [4.78, 5) is 0. The van der Waals surface area contributed by atoms with Crippen molar-refractivity contribution in [1.29, 1.82) is 0 Å². The van der Waals surface area contributed by atoms with Crippen LogP contribution in [-0.4, -0.2) is 6.10 Å². The van der Waals surface area contributed by atoms with Crippen LogP contribution in [0.1, 0.15) is 42.9 Å². The third-order valence-electron chi connectivity index (χ3n) is 5.17. The van der Waals surface area contributed by atoms with Crippen molar-refractivity contribution in [2.24, 2.45) is 0 Å². The van der Waals surface area contributed by atoms with Crippen molar-refractivity contribution in [1.82, 2.24) is 0 Å². The molecule has 1 aliphatic heterocycles. The number of hydrogen-bond acceptors (Lipinski definition) is 1. The first-order chi connectivity index (χ1) is 14.1. The molecule has 2 aromatic rings. The van der Waals surface area contributed by atoms with Crippen molar-refractivity contribution in [3.8, 4) is 5.75 Å². The van der Waals surface area contributed by atoms with Crippen molar-refractivity contribution in [2.75, 3.05) is 0 Å². The van der Waals surface area contributed by atoms with Crippen LogP contribution in [0.5, 0.6) is 5.75 Å². The summed E-state index contributed by atoms with van der Waals surface area (Å²) in [7, 11) is 0. The Morgan fingerprint density at radius 1 is 1.14 bits per heavy atom. The Labute approximate surface area is 172 Å². The van der Waals surface area contributed by atoms with E-state index in [1.165, 1.54) is 23.3 Å². The van der Waals surface area contributed by atoms with Gasteiger partial charge in [-0.15, -0.1) is 6.58 Å². The van der Waals surface area contributed by atoms with Crippen LogP contribution in [0.3, 0.4) is 0 Å². The number of ether oxygens (including phenoxy) is 1. The molecule has 0 saturated carbocycles. The van der Waals surface area contributed by atoms with Gasteiger partial charge >= 0.3 is 0 Å². The molecule has 29 heavy (non-hydrogen) atoms. The topological polar surface area (TPSA) is 9.23 Å². The Morgan fingerprint density at radius 2 is 1.97 bits per heavy atom. The molecule has 2 aromatic carbocycles. The molecule has 0 spiro atoms. The summed E-state index contributed by atoms with van der Waals surface area (Å²) in [5.74, 6) is -0.661. The van der Waals surface area contributed by atoms with Crippen molar-refractivity contribution in [3.63, 3.8) is 0 Å². The molecule has 1 unspecified atom stereocenters. The Bertz CT molecular complexity index is 911. The molecular formula is C26H28F2O. The highest BCUT2D eigenvalue weighted by atomic mass is 19.2. The first-order valence-corrected chi connectivity index (χ1v) is 10.3. The van der Waals surface area contributed by atoms with Crippen LogP contribution in [0.25, 0.3) is 0 Å². The summed E-state index contributed by atoms with van der Waals surface area (Å²) in [5, 5.41) is 0. The normalized spacial score (nSPS) is 16.5. The first-order valence-electron chi connectivity index (χ1n) is 10.3. The summed E-state index contributed by atoms with van der Waals surface area (Å²) < 4.78 is 32.8. The largest absolute Gasteiger partial charge is 0.485 e. The summed E-state index contributed by atoms with van der Waals surface area (Å²) in [6.45, 7) is 5.89. The second kappa shape index (κ2) is 10.2. The minimum Gasteiger partial charge on any atom is -0.485 e. The lowest BCUT2D eigenvalue weighted by Gasteiger charge is -2.27. The van der Waals surface area contributed by atoms with Crippen LogP contribution >= 0.6 is 0 Å². The van der Waals surface area contributed by atoms with Gasteiger partial charge in [0.2, 0.25) is 0 Å². The van der Waals surface area contributed by atoms with E-state index >= 15 is 0 Å². The van der Waals surface area contributed by atoms with Crippen LogP contribution in [-0.2, 0) is 19.3 Å². The monoisotopic (exact) mass is 394 g/mol. The third kappa shape index (κ3) is 5.66. The van der Waals surface area contributed by atoms with Gasteiger partial charge in [0.25, 0.3) is 0 Å². The molecule has 0 radical (unpaired) electrons. The van der Waals surface area contributed by atoms with Gasteiger partial charge in [0.15, 0.2) is 11.6 Å². The van der Waals surface area contributed by atoms with E-state index in [-0.39, 0.29) is 6.10 Å². The van der Waals surface area contributed by atoms with Gasteiger partial charge in [0.05, 0.1) is 0 Å². The lowest BCUT2D eigenvalue weighted by Crippen LogP contribution is -2.24. The van der Waals surface area contributed by atoms with E-state index in [9.17, 15) is 8.78 Å². The van der Waals surface area contributed by atoms with Crippen LogP contribution in [0, 0.1) is 11.6 Å². The van der Waals surface area contributed by atoms with Crippen molar-refractivity contribution in [2.45, 2.75) is 51.6 Å². The van der Waals surface area contributed by atoms with Crippen LogP contribution in [0.4, 0.5) is 8.78 Å². The van der Waals surface area contributed by atoms with E-state index in [1.807, 2.05) is 12.2 Å². The van der Waals surface area contributed by atoms with Gasteiger partial charge in [-0.25, -0.2) is 8.78 Å². The highest BCUT2D eigenvalue weighted by Crippen LogP contribution is 2.32. The predicted octanol–water partition coefficient (Wildman–Crippen LogP) is 6.91. The van der Waals surface area contributed by atoms with Crippen LogP contribution in [0.15, 0.2) is 72.9 Å². The van der Waals surface area contributed by atoms with E-state index in [2.05, 4.69) is 43.9 Å². The van der Waals surface area contributed by atoms with E-state index in [4.69, 9.17) is 4.74 Å². The SMILES string of the molecule is C=CCCc1ccc2c(c1)CCC(C(/C=C\Cc1ccc(F)c(F)c1)=C/CC)O2. The van der Waals surface area contributed by atoms with Crippen molar-refractivity contribution < 1.29 is 13.5 Å². The van der Waals surface area contributed by atoms with Crippen LogP contribution < -0.4 is 4.74 Å². The van der Waals surface area contributed by atoms with Gasteiger partial charge in [-0.2, -0.15) is 0 Å². The Hall–Kier alpha value is -2.68. The fraction of sp³-hybridized carbons (Fsp3) is 0.308. The van der Waals surface area contributed by atoms with Crippen molar-refractivity contribution >= 4 is 0 Å². The molecule has 1 heterocycles. The smallest absolute Gasteiger partial charge is 0.159 e. The molecule has 0 bridgehead atoms. The molecule has 0 amide bonds. The zero-order chi connectivity index (χ0) is 20.6. The zero-order valence-corrected chi connectivity index (χ0v) is 17.0. The Balaban J connectivity index is 1.67. The molecule has 152 valence electrons. The quantitative estimate of drug-likeness (QED) is 0.349. The fourth-order valence-corrected chi connectivity index (χ4v) is 3.64. The standard InChI is InChI=1S/C26H28F2O/c1-3-5-8-19-12-15-26-22(17-19)13-16-25(29-26)21(7-4-2)10-6-9-20-11-14-23(27)24(28)18-20/h3,6-7,10-12,14-15,17-18,25H,1,4-5,8-9,13,16H2,2H3/b10-6-,21-7+. The molecule has 0 N–H and O–H groups in total. The Kier molecular flexibility index (Phi) is 7.40. The van der Waals surface area contributed by atoms with E-state index < -0.39 is 11.6 Å². The molecule has 3 heteroatoms. The Morgan fingerprint density at radius 3 is 2.72 bits per heavy atom. The summed E-state index contributed by atoms with van der Waals surface area (Å²) in [6, 6.07) is 10.5. The van der Waals surface area contributed by atoms with E-state index in [0.29, 0.717) is 6.42 Å². The molecule has 0 aliphatic carbocycles. The predicted molar refractivity (Wildman–Crippen MR) is 115 cm³/mol. The molecule has 1 aliphatic rings. The van der Waals surface area contributed by atoms with Gasteiger partial charge in [0.1, 0.15) is 11.9 Å². The second-order valence-electron chi connectivity index (χ2n) is 7.38. The van der Waals surface area contributed by atoms with Gasteiger partial charge in [0, 0.05) is 0 Å². The van der Waals surface area contributed by atoms with Crippen LogP contribution in [0.2, 0.25) is 0 Å². The molecule has 3 rings (SSSR count). The molecule has 1 nitrogen and oxygen atoms in total. The number of aryl methyl sites for hydroxylation is 2. The minimum absolute atomic E-state index is 0.0164. The number of fused-ring (bicyclic) bond motifs is 1. The number of allylic oxidation sites excluding steroid dienone is 3. The van der Waals surface area contributed by atoms with E-state index in [0.717, 1.165) is 49.0 Å². The highest BCUT2D eigenvalue weighted by molar-refractivity contribution is 5.41. The molecule has 0 fully saturated rings. The maximum atomic E-state index is 13.4. The zero-order valence-electron chi connectivity index (χ0n) is 17.0. The second-order valence-corrected chi connectivity index (χ2v) is 7.38. The number of benzene rings is 2. The fourth-order valence-electron chi connectivity index (χ4n) is 3.64. The highest BCUT2D eigenvalue weighted by Gasteiger charge is 2.22. The van der Waals surface area contributed by atoms with Gasteiger partial charge in [-0.05, 0) is 79.0 Å². The van der Waals surface area contributed by atoms with Gasteiger partial charge < -0.3 is 4.74 Å². The lowest BCUT2D eigenvalue weighted by atomic mass is 9.94. The van der Waals surface area contributed by atoms with Crippen molar-refractivity contribution in [3.05, 3.63) is 101 Å². The first kappa shape index (κ1) is 21.0. The maximum Gasteiger partial charge on any atom is 0.159 e. The number of halogens is 2. The average molecular weight is 395 g/mol. The summed E-state index contributed by atoms with van der Waals surface area (Å²) in [5.41, 5.74) is 4.47. The number of hydrogen-bond donors (Lipinski definition) is 0. The number of rotatable bonds is 8. The molecule has 1 atom stereocenters. The summed E-state index contributed by atoms with van der Waals surface area (Å²) in [6.07, 6.45) is 13.6. The molecular weight excluding hydrogens is 366 g/mol. The minimum atomic E-state index is -0.814. The summed E-state index contributed by atoms with van der Waals surface area (Å²) >= 11 is 0. The van der Waals surface area contributed by atoms with Gasteiger partial charge in [-0.1, -0.05) is 49.4 Å². The average Bonchev–Trinajstić information content (AvgIpc) is 2.73. The lowest BCUT2D eigenvalue weighted by molar-refractivity contribution is 0.210. The molecule has 0 aromatic heterocycles.